The Bertz CT molecular complexity index is 832. The van der Waals surface area contributed by atoms with Gasteiger partial charge in [0.25, 0.3) is 5.91 Å². The van der Waals surface area contributed by atoms with E-state index in [0.29, 0.717) is 5.69 Å². The molecule has 0 saturated heterocycles. The molecular formula is C17H19N3O4S. The van der Waals surface area contributed by atoms with E-state index in [0.717, 1.165) is 9.87 Å². The van der Waals surface area contributed by atoms with Crippen molar-refractivity contribution in [3.8, 4) is 0 Å². The van der Waals surface area contributed by atoms with E-state index in [2.05, 4.69) is 10.5 Å². The lowest BCUT2D eigenvalue weighted by atomic mass is 10.2. The number of rotatable bonds is 7. The number of sulfonamides is 1. The van der Waals surface area contributed by atoms with Gasteiger partial charge in [0.05, 0.1) is 11.1 Å². The van der Waals surface area contributed by atoms with Gasteiger partial charge in [0, 0.05) is 19.8 Å². The molecule has 0 aliphatic heterocycles. The Kier molecular flexibility index (Phi) is 6.26. The summed E-state index contributed by atoms with van der Waals surface area (Å²) in [5.41, 5.74) is 1.33. The fourth-order valence-electron chi connectivity index (χ4n) is 1.85. The normalized spacial score (nSPS) is 11.6. The van der Waals surface area contributed by atoms with E-state index in [1.807, 2.05) is 30.3 Å². The molecule has 1 N–H and O–H groups in total. The van der Waals surface area contributed by atoms with Crippen LogP contribution in [0.1, 0.15) is 5.56 Å². The number of hydrogen-bond donors (Lipinski definition) is 1. The fourth-order valence-corrected chi connectivity index (χ4v) is 2.75. The largest absolute Gasteiger partial charge is 0.386 e. The number of carbonyl (C=O) groups excluding carboxylic acids is 1. The van der Waals surface area contributed by atoms with Crippen LogP contribution in [0.15, 0.2) is 64.6 Å². The molecular weight excluding hydrogens is 342 g/mol. The Balaban J connectivity index is 1.85. The van der Waals surface area contributed by atoms with Crippen molar-refractivity contribution in [1.82, 2.24) is 4.31 Å². The summed E-state index contributed by atoms with van der Waals surface area (Å²) in [7, 11) is -0.576. The molecule has 8 heteroatoms. The fraction of sp³-hybridized carbons (Fsp3) is 0.176. The van der Waals surface area contributed by atoms with Crippen LogP contribution in [0.2, 0.25) is 0 Å². The van der Waals surface area contributed by atoms with Crippen LogP contribution < -0.4 is 5.32 Å². The topological polar surface area (TPSA) is 88.1 Å². The van der Waals surface area contributed by atoms with Gasteiger partial charge in [-0.25, -0.2) is 12.7 Å². The predicted molar refractivity (Wildman–Crippen MR) is 95.9 cm³/mol. The van der Waals surface area contributed by atoms with Gasteiger partial charge in [-0.05, 0) is 29.8 Å². The first-order chi connectivity index (χ1) is 11.9. The maximum absolute atomic E-state index is 12.0. The molecule has 0 aromatic heterocycles. The Morgan fingerprint density at radius 3 is 2.36 bits per heavy atom. The first kappa shape index (κ1) is 18.6. The predicted octanol–water partition coefficient (Wildman–Crippen LogP) is 1.93. The first-order valence-electron chi connectivity index (χ1n) is 7.42. The van der Waals surface area contributed by atoms with Gasteiger partial charge in [-0.1, -0.05) is 35.5 Å². The summed E-state index contributed by atoms with van der Waals surface area (Å²) in [4.78, 5) is 16.9. The molecule has 0 radical (unpaired) electrons. The summed E-state index contributed by atoms with van der Waals surface area (Å²) in [6, 6.07) is 15.2. The Hall–Kier alpha value is -2.71. The van der Waals surface area contributed by atoms with Crippen molar-refractivity contribution >= 4 is 27.8 Å². The minimum absolute atomic E-state index is 0.152. The molecule has 0 atom stereocenters. The summed E-state index contributed by atoms with van der Waals surface area (Å²) in [5, 5.41) is 6.32. The van der Waals surface area contributed by atoms with Gasteiger partial charge in [0.15, 0.2) is 6.61 Å². The van der Waals surface area contributed by atoms with E-state index in [-0.39, 0.29) is 11.5 Å². The standard InChI is InChI=1S/C17H19N3O4S/c1-20(2)25(22,23)16-10-8-15(9-11-16)19-17(21)13-24-18-12-14-6-4-3-5-7-14/h3-12H,13H2,1-2H3,(H,19,21)/b18-12+. The zero-order valence-electron chi connectivity index (χ0n) is 13.9. The Morgan fingerprint density at radius 1 is 1.12 bits per heavy atom. The molecule has 1 amide bonds. The third-order valence-electron chi connectivity index (χ3n) is 3.19. The van der Waals surface area contributed by atoms with Crippen molar-refractivity contribution in [2.45, 2.75) is 4.90 Å². The maximum atomic E-state index is 12.0. The van der Waals surface area contributed by atoms with Crippen LogP contribution in [0.3, 0.4) is 0 Å². The Labute approximate surface area is 147 Å². The number of carbonyl (C=O) groups is 1. The van der Waals surface area contributed by atoms with Crippen LogP contribution in [0.25, 0.3) is 0 Å². The number of oxime groups is 1. The van der Waals surface area contributed by atoms with Crippen LogP contribution in [-0.2, 0) is 19.7 Å². The average Bonchev–Trinajstić information content (AvgIpc) is 2.60. The van der Waals surface area contributed by atoms with E-state index in [9.17, 15) is 13.2 Å². The van der Waals surface area contributed by atoms with Gasteiger partial charge in [-0.2, -0.15) is 0 Å². The number of nitrogens with zero attached hydrogens (tertiary/aromatic N) is 2. The molecule has 25 heavy (non-hydrogen) atoms. The first-order valence-corrected chi connectivity index (χ1v) is 8.86. The highest BCUT2D eigenvalue weighted by molar-refractivity contribution is 7.89. The highest BCUT2D eigenvalue weighted by atomic mass is 32.2. The minimum atomic E-state index is -3.49. The van der Waals surface area contributed by atoms with Gasteiger partial charge >= 0.3 is 0 Å². The van der Waals surface area contributed by atoms with Crippen molar-refractivity contribution in [2.24, 2.45) is 5.16 Å². The lowest BCUT2D eigenvalue weighted by Crippen LogP contribution is -2.22. The van der Waals surface area contributed by atoms with Crippen LogP contribution in [0.5, 0.6) is 0 Å². The lowest BCUT2D eigenvalue weighted by molar-refractivity contribution is -0.120. The highest BCUT2D eigenvalue weighted by Crippen LogP contribution is 2.16. The molecule has 2 rings (SSSR count). The Morgan fingerprint density at radius 2 is 1.76 bits per heavy atom. The van der Waals surface area contributed by atoms with E-state index in [1.165, 1.54) is 44.6 Å². The number of nitrogens with one attached hydrogen (secondary N) is 1. The monoisotopic (exact) mass is 361 g/mol. The molecule has 2 aromatic carbocycles. The molecule has 0 aliphatic rings. The van der Waals surface area contributed by atoms with Crippen molar-refractivity contribution in [3.05, 3.63) is 60.2 Å². The second-order valence-corrected chi connectivity index (χ2v) is 7.43. The molecule has 7 nitrogen and oxygen atoms in total. The molecule has 132 valence electrons. The SMILES string of the molecule is CN(C)S(=O)(=O)c1ccc(NC(=O)CO/N=C/c2ccccc2)cc1. The zero-order valence-corrected chi connectivity index (χ0v) is 14.7. The number of anilines is 1. The summed E-state index contributed by atoms with van der Waals surface area (Å²) in [6.07, 6.45) is 1.51. The van der Waals surface area contributed by atoms with E-state index < -0.39 is 15.9 Å². The summed E-state index contributed by atoms with van der Waals surface area (Å²) in [5.74, 6) is -0.395. The van der Waals surface area contributed by atoms with Gasteiger partial charge in [-0.3, -0.25) is 4.79 Å². The average molecular weight is 361 g/mol. The second kappa shape index (κ2) is 8.41. The van der Waals surface area contributed by atoms with Crippen LogP contribution in [-0.4, -0.2) is 45.5 Å². The van der Waals surface area contributed by atoms with Crippen LogP contribution in [0, 0.1) is 0 Å². The molecule has 0 heterocycles. The van der Waals surface area contributed by atoms with E-state index >= 15 is 0 Å². The number of amides is 1. The van der Waals surface area contributed by atoms with Gasteiger partial charge in [0.2, 0.25) is 10.0 Å². The smallest absolute Gasteiger partial charge is 0.265 e. The zero-order chi connectivity index (χ0) is 18.3. The minimum Gasteiger partial charge on any atom is -0.386 e. The van der Waals surface area contributed by atoms with Gasteiger partial charge in [0.1, 0.15) is 0 Å². The highest BCUT2D eigenvalue weighted by Gasteiger charge is 2.16. The summed E-state index contributed by atoms with van der Waals surface area (Å²) in [6.45, 7) is -0.249. The van der Waals surface area contributed by atoms with Gasteiger partial charge in [-0.15, -0.1) is 0 Å². The summed E-state index contributed by atoms with van der Waals surface area (Å²) < 4.78 is 25.0. The second-order valence-electron chi connectivity index (χ2n) is 5.28. The molecule has 0 fully saturated rings. The molecule has 0 bridgehead atoms. The van der Waals surface area contributed by atoms with Gasteiger partial charge < -0.3 is 10.2 Å². The molecule has 0 spiro atoms. The van der Waals surface area contributed by atoms with E-state index in [4.69, 9.17) is 4.84 Å². The number of hydrogen-bond acceptors (Lipinski definition) is 5. The summed E-state index contributed by atoms with van der Waals surface area (Å²) >= 11 is 0. The molecule has 0 saturated carbocycles. The van der Waals surface area contributed by atoms with E-state index in [1.54, 1.807) is 0 Å². The van der Waals surface area contributed by atoms with Crippen molar-refractivity contribution in [2.75, 3.05) is 26.0 Å². The van der Waals surface area contributed by atoms with Crippen molar-refractivity contribution < 1.29 is 18.0 Å². The quantitative estimate of drug-likeness (QED) is 0.603. The van der Waals surface area contributed by atoms with Crippen molar-refractivity contribution in [1.29, 1.82) is 0 Å². The molecule has 0 aliphatic carbocycles. The molecule has 0 unspecified atom stereocenters. The van der Waals surface area contributed by atoms with Crippen LogP contribution in [0.4, 0.5) is 5.69 Å². The number of benzene rings is 2. The van der Waals surface area contributed by atoms with Crippen LogP contribution >= 0.6 is 0 Å². The lowest BCUT2D eigenvalue weighted by Gasteiger charge is -2.11. The third-order valence-corrected chi connectivity index (χ3v) is 5.02. The molecule has 2 aromatic rings. The van der Waals surface area contributed by atoms with Crippen molar-refractivity contribution in [3.63, 3.8) is 0 Å². The maximum Gasteiger partial charge on any atom is 0.265 e. The third kappa shape index (κ3) is 5.40.